The first-order valence-electron chi connectivity index (χ1n) is 4.22. The van der Waals surface area contributed by atoms with Crippen LogP contribution < -0.4 is 5.73 Å². The number of hydrogen-bond donors (Lipinski definition) is 1. The second-order valence-corrected chi connectivity index (χ2v) is 5.10. The van der Waals surface area contributed by atoms with Crippen molar-refractivity contribution in [1.29, 1.82) is 0 Å². The first-order valence-corrected chi connectivity index (χ1v) is 6.21. The molecule has 0 amide bonds. The van der Waals surface area contributed by atoms with E-state index in [4.69, 9.17) is 17.3 Å². The Balaban J connectivity index is 2.26. The van der Waals surface area contributed by atoms with Crippen molar-refractivity contribution in [2.75, 3.05) is 5.73 Å². The van der Waals surface area contributed by atoms with Crippen LogP contribution in [0.1, 0.15) is 0 Å². The summed E-state index contributed by atoms with van der Waals surface area (Å²) in [6, 6.07) is 3.59. The third-order valence-electron chi connectivity index (χ3n) is 1.63. The van der Waals surface area contributed by atoms with E-state index in [2.05, 4.69) is 30.9 Å². The number of hydrogen-bond acceptors (Lipinski definition) is 5. The number of anilines is 1. The van der Waals surface area contributed by atoms with Crippen molar-refractivity contribution >= 4 is 45.2 Å². The Morgan fingerprint density at radius 2 is 2.06 bits per heavy atom. The van der Waals surface area contributed by atoms with Crippen LogP contribution in [0.15, 0.2) is 39.1 Å². The molecule has 2 aromatic heterocycles. The molecule has 0 bridgehead atoms. The molecule has 7 heteroatoms. The molecule has 0 aromatic carbocycles. The van der Waals surface area contributed by atoms with E-state index in [1.54, 1.807) is 18.5 Å². The summed E-state index contributed by atoms with van der Waals surface area (Å²) in [5.74, 6) is 0.236. The lowest BCUT2D eigenvalue weighted by molar-refractivity contribution is 1.03. The van der Waals surface area contributed by atoms with Gasteiger partial charge in [-0.3, -0.25) is 0 Å². The summed E-state index contributed by atoms with van der Waals surface area (Å²) in [5, 5.41) is 2.12. The molecule has 82 valence electrons. The third-order valence-corrected chi connectivity index (χ3v) is 3.65. The van der Waals surface area contributed by atoms with Gasteiger partial charge in [-0.2, -0.15) is 0 Å². The van der Waals surface area contributed by atoms with Crippen LogP contribution in [0.5, 0.6) is 0 Å². The second-order valence-electron chi connectivity index (χ2n) is 2.80. The number of aromatic nitrogens is 3. The SMILES string of the molecule is Nc1ncc(Br)c(Sc2ccc(Cl)cn2)n1. The van der Waals surface area contributed by atoms with Crippen molar-refractivity contribution in [2.24, 2.45) is 0 Å². The van der Waals surface area contributed by atoms with Gasteiger partial charge in [-0.25, -0.2) is 15.0 Å². The van der Waals surface area contributed by atoms with Crippen molar-refractivity contribution in [2.45, 2.75) is 10.1 Å². The minimum absolute atomic E-state index is 0.236. The Labute approximate surface area is 110 Å². The maximum Gasteiger partial charge on any atom is 0.221 e. The van der Waals surface area contributed by atoms with Crippen LogP contribution in [0.4, 0.5) is 5.95 Å². The zero-order valence-electron chi connectivity index (χ0n) is 7.89. The van der Waals surface area contributed by atoms with Gasteiger partial charge in [0.1, 0.15) is 10.1 Å². The summed E-state index contributed by atoms with van der Waals surface area (Å²) < 4.78 is 0.781. The first kappa shape index (κ1) is 11.6. The molecule has 0 spiro atoms. The zero-order chi connectivity index (χ0) is 11.5. The van der Waals surface area contributed by atoms with E-state index in [0.717, 1.165) is 14.5 Å². The van der Waals surface area contributed by atoms with E-state index in [0.29, 0.717) is 5.02 Å². The molecule has 16 heavy (non-hydrogen) atoms. The highest BCUT2D eigenvalue weighted by Crippen LogP contribution is 2.30. The summed E-state index contributed by atoms with van der Waals surface area (Å²) in [6.07, 6.45) is 3.20. The summed E-state index contributed by atoms with van der Waals surface area (Å²) in [5.41, 5.74) is 5.51. The highest BCUT2D eigenvalue weighted by atomic mass is 79.9. The molecule has 2 rings (SSSR count). The lowest BCUT2D eigenvalue weighted by Gasteiger charge is -2.02. The number of nitrogens with zero attached hydrogens (tertiary/aromatic N) is 3. The molecule has 0 unspecified atom stereocenters. The van der Waals surface area contributed by atoms with Crippen molar-refractivity contribution in [3.05, 3.63) is 34.0 Å². The molecular weight excluding hydrogens is 312 g/mol. The number of nitrogens with two attached hydrogens (primary N) is 1. The van der Waals surface area contributed by atoms with E-state index >= 15 is 0 Å². The zero-order valence-corrected chi connectivity index (χ0v) is 11.1. The molecule has 0 aliphatic rings. The maximum atomic E-state index is 5.74. The largest absolute Gasteiger partial charge is 0.368 e. The quantitative estimate of drug-likeness (QED) is 0.863. The van der Waals surface area contributed by atoms with Gasteiger partial charge >= 0.3 is 0 Å². The highest BCUT2D eigenvalue weighted by Gasteiger charge is 2.06. The summed E-state index contributed by atoms with van der Waals surface area (Å²) in [4.78, 5) is 12.1. The maximum absolute atomic E-state index is 5.74. The van der Waals surface area contributed by atoms with Crippen LogP contribution >= 0.6 is 39.3 Å². The van der Waals surface area contributed by atoms with Gasteiger partial charge < -0.3 is 5.73 Å². The standard InChI is InChI=1S/C9H6BrClN4S/c10-6-4-14-9(12)15-8(6)16-7-2-1-5(11)3-13-7/h1-4H,(H2,12,14,15). The van der Waals surface area contributed by atoms with Crippen LogP contribution in [-0.2, 0) is 0 Å². The monoisotopic (exact) mass is 316 g/mol. The summed E-state index contributed by atoms with van der Waals surface area (Å²) in [6.45, 7) is 0. The van der Waals surface area contributed by atoms with Crippen molar-refractivity contribution in [3.8, 4) is 0 Å². The van der Waals surface area contributed by atoms with Crippen LogP contribution in [0.2, 0.25) is 5.02 Å². The van der Waals surface area contributed by atoms with Gasteiger partial charge in [0, 0.05) is 12.4 Å². The van der Waals surface area contributed by atoms with Crippen LogP contribution in [0.25, 0.3) is 0 Å². The average molecular weight is 318 g/mol. The Morgan fingerprint density at radius 3 is 2.75 bits per heavy atom. The number of rotatable bonds is 2. The predicted octanol–water partition coefficient (Wildman–Crippen LogP) is 3.02. The van der Waals surface area contributed by atoms with Crippen molar-refractivity contribution in [1.82, 2.24) is 15.0 Å². The third kappa shape index (κ3) is 2.84. The van der Waals surface area contributed by atoms with Gasteiger partial charge in [0.05, 0.1) is 9.50 Å². The first-order chi connectivity index (χ1) is 7.65. The predicted molar refractivity (Wildman–Crippen MR) is 67.5 cm³/mol. The van der Waals surface area contributed by atoms with Gasteiger partial charge in [0.25, 0.3) is 0 Å². The van der Waals surface area contributed by atoms with Gasteiger partial charge in [0.15, 0.2) is 0 Å². The minimum Gasteiger partial charge on any atom is -0.368 e. The molecule has 0 aliphatic carbocycles. The Hall–Kier alpha value is -0.850. The molecule has 2 heterocycles. The topological polar surface area (TPSA) is 64.7 Å². The number of nitrogen functional groups attached to an aromatic ring is 1. The van der Waals surface area contributed by atoms with Gasteiger partial charge in [-0.1, -0.05) is 11.6 Å². The van der Waals surface area contributed by atoms with Crippen molar-refractivity contribution in [3.63, 3.8) is 0 Å². The molecule has 0 aliphatic heterocycles. The van der Waals surface area contributed by atoms with E-state index < -0.39 is 0 Å². The second kappa shape index (κ2) is 4.99. The molecule has 0 atom stereocenters. The fraction of sp³-hybridized carbons (Fsp3) is 0. The highest BCUT2D eigenvalue weighted by molar-refractivity contribution is 9.10. The van der Waals surface area contributed by atoms with Gasteiger partial charge in [-0.15, -0.1) is 0 Å². The number of pyridine rings is 1. The molecule has 0 saturated carbocycles. The normalized spacial score (nSPS) is 10.4. The summed E-state index contributed by atoms with van der Waals surface area (Å²) in [7, 11) is 0. The minimum atomic E-state index is 0.236. The molecular formula is C9H6BrClN4S. The van der Waals surface area contributed by atoms with Gasteiger partial charge in [-0.05, 0) is 39.8 Å². The molecule has 4 nitrogen and oxygen atoms in total. The number of halogens is 2. The van der Waals surface area contributed by atoms with E-state index in [1.165, 1.54) is 11.8 Å². The molecule has 2 N–H and O–H groups in total. The Kier molecular flexibility index (Phi) is 3.63. The van der Waals surface area contributed by atoms with Crippen LogP contribution in [0, 0.1) is 0 Å². The summed E-state index contributed by atoms with van der Waals surface area (Å²) >= 11 is 10.5. The average Bonchev–Trinajstić information content (AvgIpc) is 2.27. The van der Waals surface area contributed by atoms with E-state index in [1.807, 2.05) is 6.07 Å². The van der Waals surface area contributed by atoms with E-state index in [9.17, 15) is 0 Å². The smallest absolute Gasteiger partial charge is 0.221 e. The van der Waals surface area contributed by atoms with Gasteiger partial charge in [0.2, 0.25) is 5.95 Å². The fourth-order valence-electron chi connectivity index (χ4n) is 0.958. The van der Waals surface area contributed by atoms with Crippen molar-refractivity contribution < 1.29 is 0 Å². The molecule has 0 saturated heterocycles. The van der Waals surface area contributed by atoms with E-state index in [-0.39, 0.29) is 5.95 Å². The Morgan fingerprint density at radius 1 is 1.25 bits per heavy atom. The Bertz CT molecular complexity index is 505. The molecule has 0 radical (unpaired) electrons. The molecule has 0 fully saturated rings. The van der Waals surface area contributed by atoms with Crippen LogP contribution in [0.3, 0.4) is 0 Å². The lowest BCUT2D eigenvalue weighted by Crippen LogP contribution is -1.95. The lowest BCUT2D eigenvalue weighted by atomic mass is 10.5. The fourth-order valence-corrected chi connectivity index (χ4v) is 2.23. The van der Waals surface area contributed by atoms with Crippen LogP contribution in [-0.4, -0.2) is 15.0 Å². The molecule has 2 aromatic rings.